The van der Waals surface area contributed by atoms with Crippen LogP contribution in [0.2, 0.25) is 0 Å². The topological polar surface area (TPSA) is 34.0 Å². The number of hydrogen-bond donors (Lipinski definition) is 1. The minimum atomic E-state index is -0.406. The number of halogens is 3. The van der Waals surface area contributed by atoms with Crippen LogP contribution in [0.15, 0.2) is 48.8 Å². The quantitative estimate of drug-likeness (QED) is 0.464. The second-order valence-electron chi connectivity index (χ2n) is 7.86. The number of nitrogens with zero attached hydrogens (tertiary/aromatic N) is 1. The van der Waals surface area contributed by atoms with E-state index in [1.165, 1.54) is 0 Å². The van der Waals surface area contributed by atoms with Crippen molar-refractivity contribution in [2.75, 3.05) is 5.32 Å². The summed E-state index contributed by atoms with van der Waals surface area (Å²) in [5, 5.41) is 3.24. The van der Waals surface area contributed by atoms with E-state index in [1.807, 2.05) is 53.4 Å². The van der Waals surface area contributed by atoms with Crippen LogP contribution in [0.5, 0.6) is 0 Å². The number of aromatic nitrogens is 1. The molecule has 1 aromatic carbocycles. The van der Waals surface area contributed by atoms with E-state index in [4.69, 9.17) is 0 Å². The average molecular weight is 545 g/mol. The molecule has 0 saturated heterocycles. The van der Waals surface area contributed by atoms with Gasteiger partial charge in [-0.25, -0.2) is 0 Å². The van der Waals surface area contributed by atoms with Crippen LogP contribution in [0, 0.1) is 16.2 Å². The van der Waals surface area contributed by atoms with Crippen molar-refractivity contribution in [3.63, 3.8) is 0 Å². The van der Waals surface area contributed by atoms with Gasteiger partial charge in [0.05, 0.1) is 20.5 Å². The minimum Gasteiger partial charge on any atom is -0.324 e. The summed E-state index contributed by atoms with van der Waals surface area (Å²) >= 11 is 11.4. The highest BCUT2D eigenvalue weighted by Gasteiger charge is 2.83. The summed E-state index contributed by atoms with van der Waals surface area (Å²) in [6.45, 7) is 4.45. The second kappa shape index (κ2) is 6.21. The van der Waals surface area contributed by atoms with E-state index in [-0.39, 0.29) is 25.3 Å². The zero-order chi connectivity index (χ0) is 18.7. The van der Waals surface area contributed by atoms with E-state index in [0.717, 1.165) is 24.2 Å². The molecule has 1 aromatic heterocycles. The molecule has 0 aliphatic heterocycles. The number of benzene rings is 1. The van der Waals surface area contributed by atoms with Crippen LogP contribution in [-0.2, 0) is 4.79 Å². The first-order valence-electron chi connectivity index (χ1n) is 8.75. The predicted molar refractivity (Wildman–Crippen MR) is 117 cm³/mol. The van der Waals surface area contributed by atoms with Crippen LogP contribution < -0.4 is 5.32 Å². The highest BCUT2D eigenvalue weighted by molar-refractivity contribution is 9.24. The summed E-state index contributed by atoms with van der Waals surface area (Å²) in [4.78, 5) is 13.6. The Morgan fingerprint density at radius 3 is 2.38 bits per heavy atom. The second-order valence-corrected chi connectivity index (χ2v) is 11.8. The first-order chi connectivity index (χ1) is 12.3. The van der Waals surface area contributed by atoms with Gasteiger partial charge in [0.2, 0.25) is 5.91 Å². The van der Waals surface area contributed by atoms with Gasteiger partial charge in [0.15, 0.2) is 0 Å². The molecule has 3 saturated carbocycles. The van der Waals surface area contributed by atoms with Gasteiger partial charge in [0.25, 0.3) is 0 Å². The van der Waals surface area contributed by atoms with Gasteiger partial charge in [-0.1, -0.05) is 73.8 Å². The number of alkyl halides is 3. The van der Waals surface area contributed by atoms with E-state index in [2.05, 4.69) is 67.0 Å². The van der Waals surface area contributed by atoms with Gasteiger partial charge in [-0.05, 0) is 42.5 Å². The molecule has 2 bridgehead atoms. The SMILES string of the molecule is CC1(C)C2(C(=O)Nc3ccccc3-n3cccc3)CCC1(C(Br)Br)C2Br. The molecule has 2 aromatic rings. The molecule has 5 rings (SSSR count). The summed E-state index contributed by atoms with van der Waals surface area (Å²) in [5.74, 6) is 0.109. The Morgan fingerprint density at radius 1 is 1.15 bits per heavy atom. The fourth-order valence-electron chi connectivity index (χ4n) is 5.23. The van der Waals surface area contributed by atoms with Gasteiger partial charge in [-0.15, -0.1) is 0 Å². The number of rotatable bonds is 4. The maximum atomic E-state index is 13.5. The zero-order valence-corrected chi connectivity index (χ0v) is 19.4. The first-order valence-corrected chi connectivity index (χ1v) is 11.5. The molecule has 1 heterocycles. The van der Waals surface area contributed by atoms with Crippen molar-refractivity contribution in [1.82, 2.24) is 4.57 Å². The summed E-state index contributed by atoms with van der Waals surface area (Å²) in [7, 11) is 0. The summed E-state index contributed by atoms with van der Waals surface area (Å²) in [6.07, 6.45) is 5.89. The zero-order valence-electron chi connectivity index (χ0n) is 14.7. The van der Waals surface area contributed by atoms with Crippen LogP contribution in [0.4, 0.5) is 5.69 Å². The molecular weight excluding hydrogens is 524 g/mol. The molecule has 1 N–H and O–H groups in total. The average Bonchev–Trinajstić information content (AvgIpc) is 3.28. The van der Waals surface area contributed by atoms with Crippen molar-refractivity contribution in [2.24, 2.45) is 16.2 Å². The van der Waals surface area contributed by atoms with Crippen LogP contribution in [0.1, 0.15) is 26.7 Å². The molecule has 3 nitrogen and oxygen atoms in total. The number of carbonyl (C=O) groups excluding carboxylic acids is 1. The molecule has 6 heteroatoms. The van der Waals surface area contributed by atoms with Crippen LogP contribution in [-0.4, -0.2) is 19.0 Å². The fraction of sp³-hybridized carbons (Fsp3) is 0.450. The van der Waals surface area contributed by atoms with Gasteiger partial charge < -0.3 is 9.88 Å². The third-order valence-electron chi connectivity index (χ3n) is 6.93. The fourth-order valence-corrected chi connectivity index (χ4v) is 10.1. The Balaban J connectivity index is 1.67. The molecule has 3 aliphatic rings. The lowest BCUT2D eigenvalue weighted by molar-refractivity contribution is -0.155. The number of fused-ring (bicyclic) bond motifs is 1. The van der Waals surface area contributed by atoms with Crippen LogP contribution >= 0.6 is 47.8 Å². The van der Waals surface area contributed by atoms with E-state index in [1.54, 1.807) is 0 Å². The van der Waals surface area contributed by atoms with Gasteiger partial charge in [0.1, 0.15) is 0 Å². The molecule has 3 aliphatic carbocycles. The largest absolute Gasteiger partial charge is 0.324 e. The van der Waals surface area contributed by atoms with Gasteiger partial charge in [-0.3, -0.25) is 4.79 Å². The third-order valence-corrected chi connectivity index (χ3v) is 10.2. The number of anilines is 1. The lowest BCUT2D eigenvalue weighted by atomic mass is 9.43. The van der Waals surface area contributed by atoms with Crippen molar-refractivity contribution in [3.8, 4) is 5.69 Å². The smallest absolute Gasteiger partial charge is 0.232 e. The Labute approximate surface area is 179 Å². The summed E-state index contributed by atoms with van der Waals surface area (Å²) in [5.41, 5.74) is 1.34. The van der Waals surface area contributed by atoms with E-state index >= 15 is 0 Å². The Bertz CT molecular complexity index is 849. The summed E-state index contributed by atoms with van der Waals surface area (Å²) in [6, 6.07) is 11.9. The van der Waals surface area contributed by atoms with Crippen molar-refractivity contribution < 1.29 is 4.79 Å². The highest BCUT2D eigenvalue weighted by Crippen LogP contribution is 2.82. The number of carbonyl (C=O) groups is 1. The molecule has 3 atom stereocenters. The third kappa shape index (κ3) is 2.12. The van der Waals surface area contributed by atoms with Gasteiger partial charge in [0, 0.05) is 22.6 Å². The number of para-hydroxylation sites is 2. The number of amides is 1. The first kappa shape index (κ1) is 18.8. The monoisotopic (exact) mass is 542 g/mol. The molecule has 26 heavy (non-hydrogen) atoms. The van der Waals surface area contributed by atoms with E-state index in [0.29, 0.717) is 0 Å². The van der Waals surface area contributed by atoms with E-state index < -0.39 is 5.41 Å². The van der Waals surface area contributed by atoms with Gasteiger partial charge in [-0.2, -0.15) is 0 Å². The van der Waals surface area contributed by atoms with Crippen molar-refractivity contribution in [2.45, 2.75) is 35.3 Å². The van der Waals surface area contributed by atoms with Crippen LogP contribution in [0.3, 0.4) is 0 Å². The van der Waals surface area contributed by atoms with E-state index in [9.17, 15) is 4.79 Å². The van der Waals surface area contributed by atoms with Crippen LogP contribution in [0.25, 0.3) is 5.69 Å². The normalized spacial score (nSPS) is 31.7. The molecular formula is C20H21Br3N2O. The lowest BCUT2D eigenvalue weighted by Crippen LogP contribution is -2.71. The van der Waals surface area contributed by atoms with Crippen molar-refractivity contribution in [1.29, 1.82) is 0 Å². The Morgan fingerprint density at radius 2 is 1.81 bits per heavy atom. The molecule has 3 fully saturated rings. The number of nitrogens with one attached hydrogen (secondary N) is 1. The Kier molecular flexibility index (Phi) is 4.48. The minimum absolute atomic E-state index is 0.0320. The van der Waals surface area contributed by atoms with Crippen molar-refractivity contribution >= 4 is 59.4 Å². The molecule has 0 radical (unpaired) electrons. The Hall–Kier alpha value is -0.590. The van der Waals surface area contributed by atoms with Gasteiger partial charge >= 0.3 is 0 Å². The standard InChI is InChI=1S/C20H21Br3N2O/c1-18(2)19(16(22)23)9-10-20(18,15(19)21)17(26)24-13-7-3-4-8-14(13)25-11-5-6-12-25/h3-8,11-12,15-16H,9-10H2,1-2H3,(H,24,26). The predicted octanol–water partition coefficient (Wildman–Crippen LogP) is 6.10. The summed E-state index contributed by atoms with van der Waals surface area (Å²) < 4.78 is 2.20. The van der Waals surface area contributed by atoms with Crippen molar-refractivity contribution in [3.05, 3.63) is 48.8 Å². The number of hydrogen-bond acceptors (Lipinski definition) is 1. The molecule has 1 amide bonds. The highest BCUT2D eigenvalue weighted by atomic mass is 79.9. The maximum absolute atomic E-state index is 13.5. The molecule has 0 spiro atoms. The maximum Gasteiger partial charge on any atom is 0.232 e. The molecule has 3 unspecified atom stereocenters. The lowest BCUT2D eigenvalue weighted by Gasteiger charge is -2.66. The molecule has 138 valence electrons.